The standard InChI is InChI=1S/C12H21N3O2S/c1-2-12(5-3-4-6-12)8-15-11(17)10(16)14-7-9(13)18/h2-8H2,1H3,(H2,13,18)(H,14,16)(H,15,17). The minimum atomic E-state index is -0.674. The number of thiocarbonyl (C=S) groups is 1. The summed E-state index contributed by atoms with van der Waals surface area (Å²) in [6.45, 7) is 2.76. The van der Waals surface area contributed by atoms with Crippen molar-refractivity contribution < 1.29 is 9.59 Å². The fourth-order valence-corrected chi connectivity index (χ4v) is 2.45. The molecule has 0 spiro atoms. The number of hydrogen-bond acceptors (Lipinski definition) is 3. The van der Waals surface area contributed by atoms with Crippen LogP contribution in [-0.4, -0.2) is 29.9 Å². The lowest BCUT2D eigenvalue weighted by molar-refractivity contribution is -0.139. The number of rotatable bonds is 5. The summed E-state index contributed by atoms with van der Waals surface area (Å²) in [4.78, 5) is 23.1. The van der Waals surface area contributed by atoms with Gasteiger partial charge in [-0.2, -0.15) is 0 Å². The van der Waals surface area contributed by atoms with Crippen molar-refractivity contribution in [2.24, 2.45) is 11.1 Å². The van der Waals surface area contributed by atoms with Crippen molar-refractivity contribution in [1.82, 2.24) is 10.6 Å². The number of amides is 2. The molecule has 2 amide bonds. The third-order valence-electron chi connectivity index (χ3n) is 3.67. The summed E-state index contributed by atoms with van der Waals surface area (Å²) in [5.41, 5.74) is 5.42. The molecule has 1 aliphatic rings. The maximum Gasteiger partial charge on any atom is 0.309 e. The van der Waals surface area contributed by atoms with Gasteiger partial charge in [0.15, 0.2) is 0 Å². The van der Waals surface area contributed by atoms with Crippen LogP contribution in [0, 0.1) is 5.41 Å². The number of nitrogens with one attached hydrogen (secondary N) is 2. The van der Waals surface area contributed by atoms with E-state index in [-0.39, 0.29) is 16.9 Å². The second kappa shape index (κ2) is 6.68. The monoisotopic (exact) mass is 271 g/mol. The summed E-state index contributed by atoms with van der Waals surface area (Å²) >= 11 is 4.62. The van der Waals surface area contributed by atoms with Crippen LogP contribution in [0.15, 0.2) is 0 Å². The van der Waals surface area contributed by atoms with Crippen LogP contribution < -0.4 is 16.4 Å². The van der Waals surface area contributed by atoms with Gasteiger partial charge in [-0.3, -0.25) is 9.59 Å². The third kappa shape index (κ3) is 4.25. The fourth-order valence-electron chi connectivity index (χ4n) is 2.38. The maximum atomic E-state index is 11.6. The van der Waals surface area contributed by atoms with Gasteiger partial charge < -0.3 is 16.4 Å². The molecule has 0 saturated heterocycles. The van der Waals surface area contributed by atoms with E-state index in [9.17, 15) is 9.59 Å². The van der Waals surface area contributed by atoms with Gasteiger partial charge in [0, 0.05) is 6.54 Å². The minimum Gasteiger partial charge on any atom is -0.392 e. The summed E-state index contributed by atoms with van der Waals surface area (Å²) in [6, 6.07) is 0. The highest BCUT2D eigenvalue weighted by Crippen LogP contribution is 2.40. The molecule has 0 unspecified atom stereocenters. The molecule has 6 heteroatoms. The molecule has 0 atom stereocenters. The highest BCUT2D eigenvalue weighted by atomic mass is 32.1. The highest BCUT2D eigenvalue weighted by Gasteiger charge is 2.32. The van der Waals surface area contributed by atoms with Gasteiger partial charge in [-0.1, -0.05) is 32.0 Å². The third-order valence-corrected chi connectivity index (χ3v) is 3.81. The zero-order chi connectivity index (χ0) is 13.6. The summed E-state index contributed by atoms with van der Waals surface area (Å²) in [5.74, 6) is -1.28. The van der Waals surface area contributed by atoms with Gasteiger partial charge in [0.2, 0.25) is 0 Å². The topological polar surface area (TPSA) is 84.2 Å². The fraction of sp³-hybridized carbons (Fsp3) is 0.750. The van der Waals surface area contributed by atoms with Gasteiger partial charge in [-0.05, 0) is 24.7 Å². The van der Waals surface area contributed by atoms with E-state index in [2.05, 4.69) is 29.8 Å². The molecule has 0 bridgehead atoms. The second-order valence-electron chi connectivity index (χ2n) is 4.89. The first-order chi connectivity index (χ1) is 8.49. The number of hydrogen-bond donors (Lipinski definition) is 3. The van der Waals surface area contributed by atoms with Crippen LogP contribution in [0.4, 0.5) is 0 Å². The highest BCUT2D eigenvalue weighted by molar-refractivity contribution is 7.80. The van der Waals surface area contributed by atoms with Crippen molar-refractivity contribution in [3.8, 4) is 0 Å². The molecular formula is C12H21N3O2S. The predicted molar refractivity (Wildman–Crippen MR) is 74.0 cm³/mol. The van der Waals surface area contributed by atoms with Crippen LogP contribution in [0.1, 0.15) is 39.0 Å². The molecule has 1 rings (SSSR count). The smallest absolute Gasteiger partial charge is 0.309 e. The Balaban J connectivity index is 2.35. The molecule has 5 nitrogen and oxygen atoms in total. The average molecular weight is 271 g/mol. The van der Waals surface area contributed by atoms with E-state index in [0.717, 1.165) is 19.3 Å². The summed E-state index contributed by atoms with van der Waals surface area (Å²) in [5, 5.41) is 5.08. The molecule has 1 aliphatic carbocycles. The van der Waals surface area contributed by atoms with Crippen LogP contribution in [0.3, 0.4) is 0 Å². The number of carbonyl (C=O) groups excluding carboxylic acids is 2. The van der Waals surface area contributed by atoms with Crippen molar-refractivity contribution in [2.45, 2.75) is 39.0 Å². The van der Waals surface area contributed by atoms with Gasteiger partial charge in [0.25, 0.3) is 0 Å². The van der Waals surface area contributed by atoms with E-state index in [1.54, 1.807) is 0 Å². The van der Waals surface area contributed by atoms with E-state index < -0.39 is 11.8 Å². The van der Waals surface area contributed by atoms with Crippen LogP contribution in [0.25, 0.3) is 0 Å². The first-order valence-corrected chi connectivity index (χ1v) is 6.74. The molecule has 0 aromatic rings. The van der Waals surface area contributed by atoms with Crippen LogP contribution >= 0.6 is 12.2 Å². The van der Waals surface area contributed by atoms with Crippen molar-refractivity contribution in [1.29, 1.82) is 0 Å². The average Bonchev–Trinajstić information content (AvgIpc) is 2.82. The van der Waals surface area contributed by atoms with Crippen molar-refractivity contribution in [3.05, 3.63) is 0 Å². The largest absolute Gasteiger partial charge is 0.392 e. The lowest BCUT2D eigenvalue weighted by Crippen LogP contribution is -2.45. The molecule has 0 aromatic heterocycles. The van der Waals surface area contributed by atoms with E-state index >= 15 is 0 Å². The lowest BCUT2D eigenvalue weighted by Gasteiger charge is -2.27. The summed E-state index contributed by atoms with van der Waals surface area (Å²) < 4.78 is 0. The number of carbonyl (C=O) groups is 2. The zero-order valence-electron chi connectivity index (χ0n) is 10.8. The zero-order valence-corrected chi connectivity index (χ0v) is 11.6. The quantitative estimate of drug-likeness (QED) is 0.501. The predicted octanol–water partition coefficient (Wildman–Crippen LogP) is 0.475. The molecule has 18 heavy (non-hydrogen) atoms. The Morgan fingerprint density at radius 2 is 1.78 bits per heavy atom. The van der Waals surface area contributed by atoms with Crippen LogP contribution in [0.5, 0.6) is 0 Å². The molecular weight excluding hydrogens is 250 g/mol. The molecule has 102 valence electrons. The van der Waals surface area contributed by atoms with E-state index in [1.807, 2.05) is 0 Å². The molecule has 0 aliphatic heterocycles. The van der Waals surface area contributed by atoms with Gasteiger partial charge >= 0.3 is 11.8 Å². The molecule has 0 aromatic carbocycles. The maximum absolute atomic E-state index is 11.6. The van der Waals surface area contributed by atoms with Gasteiger partial charge in [0.1, 0.15) is 0 Å². The van der Waals surface area contributed by atoms with Gasteiger partial charge in [-0.15, -0.1) is 0 Å². The van der Waals surface area contributed by atoms with Gasteiger partial charge in [0.05, 0.1) is 11.5 Å². The van der Waals surface area contributed by atoms with E-state index in [1.165, 1.54) is 12.8 Å². The Morgan fingerprint density at radius 3 is 2.28 bits per heavy atom. The van der Waals surface area contributed by atoms with Crippen LogP contribution in [-0.2, 0) is 9.59 Å². The number of nitrogens with two attached hydrogens (primary N) is 1. The normalized spacial score (nSPS) is 17.2. The summed E-state index contributed by atoms with van der Waals surface area (Å²) in [6.07, 6.45) is 5.69. The molecule has 1 fully saturated rings. The lowest BCUT2D eigenvalue weighted by atomic mass is 9.83. The first kappa shape index (κ1) is 14.9. The Morgan fingerprint density at radius 1 is 1.22 bits per heavy atom. The molecule has 0 radical (unpaired) electrons. The van der Waals surface area contributed by atoms with Crippen molar-refractivity contribution in [3.63, 3.8) is 0 Å². The van der Waals surface area contributed by atoms with E-state index in [4.69, 9.17) is 5.73 Å². The first-order valence-electron chi connectivity index (χ1n) is 6.33. The molecule has 4 N–H and O–H groups in total. The van der Waals surface area contributed by atoms with Gasteiger partial charge in [-0.25, -0.2) is 0 Å². The van der Waals surface area contributed by atoms with Crippen LogP contribution in [0.2, 0.25) is 0 Å². The van der Waals surface area contributed by atoms with Crippen molar-refractivity contribution >= 4 is 29.0 Å². The van der Waals surface area contributed by atoms with E-state index in [0.29, 0.717) is 6.54 Å². The molecule has 0 heterocycles. The molecule has 1 saturated carbocycles. The summed E-state index contributed by atoms with van der Waals surface area (Å²) in [7, 11) is 0. The Bertz CT molecular complexity index is 338. The SMILES string of the molecule is CCC1(CNC(=O)C(=O)NCC(N)=S)CCCC1. The van der Waals surface area contributed by atoms with Crippen molar-refractivity contribution in [2.75, 3.05) is 13.1 Å². The Hall–Kier alpha value is -1.17. The second-order valence-corrected chi connectivity index (χ2v) is 5.42. The Labute approximate surface area is 113 Å². The minimum absolute atomic E-state index is 0.0561. The Kier molecular flexibility index (Phi) is 5.53.